The Bertz CT molecular complexity index is 1070. The van der Waals surface area contributed by atoms with Gasteiger partial charge in [0.2, 0.25) is 5.91 Å². The molecule has 3 heteroatoms. The highest BCUT2D eigenvalue weighted by Gasteiger charge is 2.06. The number of benzene rings is 4. The van der Waals surface area contributed by atoms with E-state index in [0.717, 1.165) is 28.1 Å². The molecule has 3 nitrogen and oxygen atoms in total. The average molecular weight is 393 g/mol. The Hall–Kier alpha value is -3.85. The van der Waals surface area contributed by atoms with Gasteiger partial charge in [0.25, 0.3) is 0 Å². The molecule has 1 N–H and O–H groups in total. The van der Waals surface area contributed by atoms with Crippen LogP contribution in [0.15, 0.2) is 109 Å². The maximum atomic E-state index is 12.4. The molecule has 0 aliphatic heterocycles. The van der Waals surface area contributed by atoms with Gasteiger partial charge in [-0.1, -0.05) is 84.9 Å². The molecule has 0 spiro atoms. The van der Waals surface area contributed by atoms with Crippen molar-refractivity contribution in [1.82, 2.24) is 0 Å². The van der Waals surface area contributed by atoms with E-state index in [9.17, 15) is 4.79 Å². The van der Waals surface area contributed by atoms with Crippen molar-refractivity contribution in [2.75, 3.05) is 5.32 Å². The lowest BCUT2D eigenvalue weighted by molar-refractivity contribution is -0.115. The lowest BCUT2D eigenvalue weighted by Gasteiger charge is -2.09. The Morgan fingerprint density at radius 3 is 1.90 bits per heavy atom. The highest BCUT2D eigenvalue weighted by molar-refractivity contribution is 5.92. The van der Waals surface area contributed by atoms with Crippen LogP contribution in [0.2, 0.25) is 0 Å². The molecule has 4 aromatic carbocycles. The maximum absolute atomic E-state index is 12.4. The van der Waals surface area contributed by atoms with Crippen LogP contribution < -0.4 is 10.1 Å². The first-order valence-electron chi connectivity index (χ1n) is 9.97. The number of rotatable bonds is 7. The molecule has 0 atom stereocenters. The van der Waals surface area contributed by atoms with Gasteiger partial charge < -0.3 is 10.1 Å². The van der Waals surface area contributed by atoms with E-state index in [0.29, 0.717) is 13.0 Å². The molecular weight excluding hydrogens is 370 g/mol. The van der Waals surface area contributed by atoms with Crippen molar-refractivity contribution in [3.8, 4) is 16.9 Å². The zero-order valence-corrected chi connectivity index (χ0v) is 16.6. The van der Waals surface area contributed by atoms with Crippen molar-refractivity contribution < 1.29 is 9.53 Å². The number of carbonyl (C=O) groups excluding carboxylic acids is 1. The predicted octanol–water partition coefficient (Wildman–Crippen LogP) is 6.11. The molecule has 0 aliphatic rings. The lowest BCUT2D eigenvalue weighted by atomic mass is 10.0. The molecule has 30 heavy (non-hydrogen) atoms. The third-order valence-electron chi connectivity index (χ3n) is 4.81. The molecule has 0 saturated heterocycles. The molecule has 0 fully saturated rings. The predicted molar refractivity (Wildman–Crippen MR) is 121 cm³/mol. The summed E-state index contributed by atoms with van der Waals surface area (Å²) in [5.41, 5.74) is 5.17. The van der Waals surface area contributed by atoms with E-state index in [1.807, 2.05) is 84.9 Å². The SMILES string of the molecule is O=C(Cc1ccc(-c2ccccc2)cc1)Nc1ccc(OCc2ccccc2)cc1. The van der Waals surface area contributed by atoms with Crippen LogP contribution in [0.4, 0.5) is 5.69 Å². The summed E-state index contributed by atoms with van der Waals surface area (Å²) in [5, 5.41) is 2.94. The van der Waals surface area contributed by atoms with Crippen LogP contribution in [0, 0.1) is 0 Å². The first kappa shape index (κ1) is 19.5. The minimum atomic E-state index is -0.0413. The van der Waals surface area contributed by atoms with Crippen molar-refractivity contribution in [3.63, 3.8) is 0 Å². The van der Waals surface area contributed by atoms with E-state index in [-0.39, 0.29) is 5.91 Å². The van der Waals surface area contributed by atoms with Gasteiger partial charge in [-0.05, 0) is 46.5 Å². The van der Waals surface area contributed by atoms with Crippen LogP contribution in [-0.2, 0) is 17.8 Å². The fourth-order valence-electron chi connectivity index (χ4n) is 3.21. The number of amides is 1. The number of carbonyl (C=O) groups is 1. The van der Waals surface area contributed by atoms with Gasteiger partial charge in [0, 0.05) is 5.69 Å². The first-order chi connectivity index (χ1) is 14.8. The van der Waals surface area contributed by atoms with Crippen molar-refractivity contribution >= 4 is 11.6 Å². The van der Waals surface area contributed by atoms with Crippen LogP contribution in [0.3, 0.4) is 0 Å². The van der Waals surface area contributed by atoms with Gasteiger partial charge in [-0.3, -0.25) is 4.79 Å². The third kappa shape index (κ3) is 5.36. The van der Waals surface area contributed by atoms with Gasteiger partial charge in [-0.15, -0.1) is 0 Å². The molecule has 0 radical (unpaired) electrons. The molecule has 0 aliphatic carbocycles. The maximum Gasteiger partial charge on any atom is 0.228 e. The molecule has 0 bridgehead atoms. The Labute approximate surface area is 177 Å². The van der Waals surface area contributed by atoms with Crippen molar-refractivity contribution in [1.29, 1.82) is 0 Å². The highest BCUT2D eigenvalue weighted by Crippen LogP contribution is 2.20. The summed E-state index contributed by atoms with van der Waals surface area (Å²) >= 11 is 0. The minimum absolute atomic E-state index is 0.0413. The number of nitrogens with one attached hydrogen (secondary N) is 1. The molecule has 0 saturated carbocycles. The molecule has 0 unspecified atom stereocenters. The van der Waals surface area contributed by atoms with Crippen LogP contribution in [-0.4, -0.2) is 5.91 Å². The van der Waals surface area contributed by atoms with Crippen LogP contribution in [0.5, 0.6) is 5.75 Å². The van der Waals surface area contributed by atoms with Crippen molar-refractivity contribution in [2.45, 2.75) is 13.0 Å². The van der Waals surface area contributed by atoms with E-state index in [1.165, 1.54) is 5.56 Å². The van der Waals surface area contributed by atoms with E-state index in [1.54, 1.807) is 0 Å². The van der Waals surface area contributed by atoms with Crippen molar-refractivity contribution in [3.05, 3.63) is 120 Å². The van der Waals surface area contributed by atoms with Crippen LogP contribution in [0.1, 0.15) is 11.1 Å². The Morgan fingerprint density at radius 2 is 1.23 bits per heavy atom. The summed E-state index contributed by atoms with van der Waals surface area (Å²) < 4.78 is 5.78. The Balaban J connectivity index is 1.29. The van der Waals surface area contributed by atoms with Gasteiger partial charge in [-0.2, -0.15) is 0 Å². The van der Waals surface area contributed by atoms with Crippen LogP contribution >= 0.6 is 0 Å². The Morgan fingerprint density at radius 1 is 0.633 bits per heavy atom. The van der Waals surface area contributed by atoms with Crippen molar-refractivity contribution in [2.24, 2.45) is 0 Å². The standard InChI is InChI=1S/C27H23NO2/c29-27(19-21-11-13-24(14-12-21)23-9-5-2-6-10-23)28-25-15-17-26(18-16-25)30-20-22-7-3-1-4-8-22/h1-18H,19-20H2,(H,28,29). The Kier molecular flexibility index (Phi) is 6.21. The highest BCUT2D eigenvalue weighted by atomic mass is 16.5. The summed E-state index contributed by atoms with van der Waals surface area (Å²) in [4.78, 5) is 12.4. The zero-order chi connectivity index (χ0) is 20.6. The molecule has 0 heterocycles. The van der Waals surface area contributed by atoms with Gasteiger partial charge in [0.1, 0.15) is 12.4 Å². The summed E-state index contributed by atoms with van der Waals surface area (Å²) in [6.45, 7) is 0.519. The van der Waals surface area contributed by atoms with Gasteiger partial charge in [0.05, 0.1) is 6.42 Å². The number of hydrogen-bond acceptors (Lipinski definition) is 2. The van der Waals surface area contributed by atoms with Crippen LogP contribution in [0.25, 0.3) is 11.1 Å². The fraction of sp³-hybridized carbons (Fsp3) is 0.0741. The first-order valence-corrected chi connectivity index (χ1v) is 9.97. The zero-order valence-electron chi connectivity index (χ0n) is 16.6. The minimum Gasteiger partial charge on any atom is -0.489 e. The molecule has 4 aromatic rings. The normalized spacial score (nSPS) is 10.4. The van der Waals surface area contributed by atoms with E-state index < -0.39 is 0 Å². The molecule has 4 rings (SSSR count). The monoisotopic (exact) mass is 393 g/mol. The topological polar surface area (TPSA) is 38.3 Å². The molecule has 148 valence electrons. The second-order valence-electron chi connectivity index (χ2n) is 7.09. The van der Waals surface area contributed by atoms with Gasteiger partial charge in [0.15, 0.2) is 0 Å². The third-order valence-corrected chi connectivity index (χ3v) is 4.81. The molecule has 0 aromatic heterocycles. The summed E-state index contributed by atoms with van der Waals surface area (Å²) in [6.07, 6.45) is 0.335. The largest absolute Gasteiger partial charge is 0.489 e. The number of hydrogen-bond donors (Lipinski definition) is 1. The molecular formula is C27H23NO2. The van der Waals surface area contributed by atoms with E-state index in [4.69, 9.17) is 4.74 Å². The smallest absolute Gasteiger partial charge is 0.228 e. The lowest BCUT2D eigenvalue weighted by Crippen LogP contribution is -2.14. The summed E-state index contributed by atoms with van der Waals surface area (Å²) in [5.74, 6) is 0.730. The second-order valence-corrected chi connectivity index (χ2v) is 7.09. The van der Waals surface area contributed by atoms with Gasteiger partial charge in [-0.25, -0.2) is 0 Å². The molecule has 1 amide bonds. The number of anilines is 1. The second kappa shape index (κ2) is 9.57. The number of ether oxygens (including phenoxy) is 1. The quantitative estimate of drug-likeness (QED) is 0.411. The summed E-state index contributed by atoms with van der Waals surface area (Å²) in [7, 11) is 0. The van der Waals surface area contributed by atoms with E-state index >= 15 is 0 Å². The van der Waals surface area contributed by atoms with E-state index in [2.05, 4.69) is 29.6 Å². The summed E-state index contributed by atoms with van der Waals surface area (Å²) in [6, 6.07) is 35.8. The fourth-order valence-corrected chi connectivity index (χ4v) is 3.21. The average Bonchev–Trinajstić information content (AvgIpc) is 2.80. The van der Waals surface area contributed by atoms with Gasteiger partial charge >= 0.3 is 0 Å².